The molecule has 5 aromatic rings. The molecule has 0 saturated carbocycles. The maximum Gasteiger partial charge on any atom is 0.573 e. The van der Waals surface area contributed by atoms with Gasteiger partial charge in [0, 0.05) is 11.1 Å². The maximum absolute atomic E-state index is 15.1. The van der Waals surface area contributed by atoms with E-state index in [1.54, 1.807) is 6.07 Å². The Morgan fingerprint density at radius 3 is 1.72 bits per heavy atom. The molecule has 0 bridgehead atoms. The summed E-state index contributed by atoms with van der Waals surface area (Å²) < 4.78 is 121. The Morgan fingerprint density at radius 1 is 0.532 bits per heavy atom. The quantitative estimate of drug-likeness (QED) is 0.104. The van der Waals surface area contributed by atoms with Crippen LogP contribution in [0.4, 0.5) is 35.1 Å². The van der Waals surface area contributed by atoms with Crippen LogP contribution in [-0.2, 0) is 12.5 Å². The average Bonchev–Trinajstić information content (AvgIpc) is 3.02. The second-order valence-electron chi connectivity index (χ2n) is 10.9. The molecule has 47 heavy (non-hydrogen) atoms. The molecule has 244 valence electrons. The number of hydrogen-bond acceptors (Lipinski definition) is 2. The van der Waals surface area contributed by atoms with Crippen molar-refractivity contribution in [2.24, 2.45) is 0 Å². The zero-order chi connectivity index (χ0) is 33.8. The van der Waals surface area contributed by atoms with Crippen LogP contribution < -0.4 is 9.47 Å². The summed E-state index contributed by atoms with van der Waals surface area (Å²) in [7, 11) is 0. The lowest BCUT2D eigenvalue weighted by Gasteiger charge is -2.20. The first-order valence-corrected chi connectivity index (χ1v) is 14.7. The fraction of sp³-hybridized carbons (Fsp3) is 0.189. The van der Waals surface area contributed by atoms with Gasteiger partial charge < -0.3 is 9.47 Å². The van der Waals surface area contributed by atoms with Gasteiger partial charge in [0.2, 0.25) is 0 Å². The van der Waals surface area contributed by atoms with Gasteiger partial charge in [-0.1, -0.05) is 80.4 Å². The number of rotatable bonds is 11. The topological polar surface area (TPSA) is 18.5 Å². The smallest absolute Gasteiger partial charge is 0.426 e. The molecule has 0 amide bonds. The first-order chi connectivity index (χ1) is 22.3. The molecule has 0 fully saturated rings. The minimum atomic E-state index is -4.91. The van der Waals surface area contributed by atoms with E-state index in [-0.39, 0.29) is 22.3 Å². The Kier molecular flexibility index (Phi) is 9.88. The van der Waals surface area contributed by atoms with Crippen LogP contribution in [0, 0.1) is 17.5 Å². The molecular formula is C37H28F8O2. The average molecular weight is 657 g/mol. The first kappa shape index (κ1) is 33.5. The summed E-state index contributed by atoms with van der Waals surface area (Å²) in [5.74, 6) is -4.33. The molecule has 0 aliphatic heterocycles. The molecule has 0 saturated heterocycles. The van der Waals surface area contributed by atoms with Gasteiger partial charge in [0.1, 0.15) is 17.4 Å². The van der Waals surface area contributed by atoms with Gasteiger partial charge in [-0.15, -0.1) is 13.2 Å². The van der Waals surface area contributed by atoms with Crippen molar-refractivity contribution in [3.05, 3.63) is 132 Å². The second-order valence-corrected chi connectivity index (χ2v) is 10.9. The molecule has 0 atom stereocenters. The Labute approximate surface area is 266 Å². The highest BCUT2D eigenvalue weighted by molar-refractivity contribution is 5.72. The predicted octanol–water partition coefficient (Wildman–Crippen LogP) is 11.9. The van der Waals surface area contributed by atoms with E-state index in [1.807, 2.05) is 24.3 Å². The van der Waals surface area contributed by atoms with Gasteiger partial charge in [0.05, 0.1) is 5.56 Å². The molecule has 5 rings (SSSR count). The van der Waals surface area contributed by atoms with Gasteiger partial charge in [-0.3, -0.25) is 0 Å². The van der Waals surface area contributed by atoms with Gasteiger partial charge >= 0.3 is 12.5 Å². The standard InChI is InChI=1S/C37H28F8O2/c1-2-3-4-5-23-6-8-24(9-7-23)26-12-17-31(32(38)20-26)27-13-19-35(34(40)21-27)47-36(41,42)28-14-18-30(33(39)22-28)25-10-15-29(16-11-25)46-37(43,44)45/h6-22H,2-5H2,1H3. The third-order valence-corrected chi connectivity index (χ3v) is 7.51. The predicted molar refractivity (Wildman–Crippen MR) is 163 cm³/mol. The SMILES string of the molecule is CCCCCc1ccc(-c2ccc(-c3ccc(OC(F)(F)c4ccc(-c5ccc(OC(F)(F)F)cc5)c(F)c4)c(F)c3)c(F)c2)cc1. The summed E-state index contributed by atoms with van der Waals surface area (Å²) >= 11 is 0. The minimum absolute atomic E-state index is 0.0535. The van der Waals surface area contributed by atoms with Crippen LogP contribution in [0.15, 0.2) is 103 Å². The fourth-order valence-corrected chi connectivity index (χ4v) is 5.09. The Bertz CT molecular complexity index is 1830. The highest BCUT2D eigenvalue weighted by atomic mass is 19.4. The number of ether oxygens (including phenoxy) is 2. The summed E-state index contributed by atoms with van der Waals surface area (Å²) in [6.45, 7) is 2.14. The molecular weight excluding hydrogens is 628 g/mol. The number of hydrogen-bond donors (Lipinski definition) is 0. The van der Waals surface area contributed by atoms with E-state index in [9.17, 15) is 22.0 Å². The Morgan fingerprint density at radius 2 is 1.11 bits per heavy atom. The monoisotopic (exact) mass is 656 g/mol. The third-order valence-electron chi connectivity index (χ3n) is 7.51. The fourth-order valence-electron chi connectivity index (χ4n) is 5.09. The van der Waals surface area contributed by atoms with E-state index >= 15 is 13.2 Å². The summed E-state index contributed by atoms with van der Waals surface area (Å²) in [5.41, 5.74) is 1.76. The maximum atomic E-state index is 15.1. The van der Waals surface area contributed by atoms with Crippen molar-refractivity contribution >= 4 is 0 Å². The summed E-state index contributed by atoms with van der Waals surface area (Å²) in [4.78, 5) is 0. The van der Waals surface area contributed by atoms with Crippen molar-refractivity contribution in [3.8, 4) is 44.9 Å². The molecule has 0 heterocycles. The van der Waals surface area contributed by atoms with Crippen LogP contribution in [-0.4, -0.2) is 6.36 Å². The van der Waals surface area contributed by atoms with Crippen LogP contribution in [0.2, 0.25) is 0 Å². The van der Waals surface area contributed by atoms with Crippen LogP contribution >= 0.6 is 0 Å². The Balaban J connectivity index is 1.29. The van der Waals surface area contributed by atoms with Gasteiger partial charge in [-0.25, -0.2) is 13.2 Å². The van der Waals surface area contributed by atoms with Gasteiger partial charge in [-0.2, -0.15) is 8.78 Å². The Hall–Kier alpha value is -4.86. The van der Waals surface area contributed by atoms with Crippen LogP contribution in [0.25, 0.3) is 33.4 Å². The summed E-state index contributed by atoms with van der Waals surface area (Å²) in [5, 5.41) is 0. The normalized spacial score (nSPS) is 11.9. The van der Waals surface area contributed by atoms with Crippen LogP contribution in [0.3, 0.4) is 0 Å². The van der Waals surface area contributed by atoms with E-state index in [0.29, 0.717) is 11.6 Å². The van der Waals surface area contributed by atoms with Crippen molar-refractivity contribution in [1.82, 2.24) is 0 Å². The van der Waals surface area contributed by atoms with Gasteiger partial charge in [-0.05, 0) is 83.1 Å². The van der Waals surface area contributed by atoms with E-state index < -0.39 is 47.0 Å². The molecule has 10 heteroatoms. The first-order valence-electron chi connectivity index (χ1n) is 14.7. The van der Waals surface area contributed by atoms with Gasteiger partial charge in [0.15, 0.2) is 11.6 Å². The molecule has 0 aromatic heterocycles. The molecule has 0 radical (unpaired) electrons. The summed E-state index contributed by atoms with van der Waals surface area (Å²) in [6, 6.07) is 21.8. The van der Waals surface area contributed by atoms with Crippen LogP contribution in [0.5, 0.6) is 11.5 Å². The van der Waals surface area contributed by atoms with Crippen molar-refractivity contribution in [2.75, 3.05) is 0 Å². The lowest BCUT2D eigenvalue weighted by molar-refractivity contribution is -0.274. The zero-order valence-corrected chi connectivity index (χ0v) is 25.0. The second kappa shape index (κ2) is 13.9. The summed E-state index contributed by atoms with van der Waals surface area (Å²) in [6.07, 6.45) is -4.76. The number of alkyl halides is 5. The van der Waals surface area contributed by atoms with Crippen molar-refractivity contribution in [3.63, 3.8) is 0 Å². The zero-order valence-electron chi connectivity index (χ0n) is 25.0. The molecule has 0 unspecified atom stereocenters. The molecule has 5 aromatic carbocycles. The minimum Gasteiger partial charge on any atom is -0.426 e. The third kappa shape index (κ3) is 8.30. The molecule has 0 aliphatic carbocycles. The van der Waals surface area contributed by atoms with Gasteiger partial charge in [0.25, 0.3) is 0 Å². The largest absolute Gasteiger partial charge is 0.573 e. The number of unbranched alkanes of at least 4 members (excludes halogenated alkanes) is 2. The number of benzene rings is 5. The van der Waals surface area contributed by atoms with Crippen molar-refractivity contribution in [1.29, 1.82) is 0 Å². The molecule has 2 nitrogen and oxygen atoms in total. The lowest BCUT2D eigenvalue weighted by Crippen LogP contribution is -2.22. The van der Waals surface area contributed by atoms with E-state index in [2.05, 4.69) is 16.4 Å². The van der Waals surface area contributed by atoms with Crippen molar-refractivity contribution in [2.45, 2.75) is 45.1 Å². The highest BCUT2D eigenvalue weighted by Gasteiger charge is 2.36. The lowest BCUT2D eigenvalue weighted by atomic mass is 9.98. The van der Waals surface area contributed by atoms with Crippen LogP contribution in [0.1, 0.15) is 37.3 Å². The molecule has 0 aliphatic rings. The van der Waals surface area contributed by atoms with E-state index in [4.69, 9.17) is 0 Å². The van der Waals surface area contributed by atoms with Crippen molar-refractivity contribution < 1.29 is 44.6 Å². The van der Waals surface area contributed by atoms with E-state index in [0.717, 1.165) is 79.8 Å². The highest BCUT2D eigenvalue weighted by Crippen LogP contribution is 2.37. The van der Waals surface area contributed by atoms with E-state index in [1.165, 1.54) is 23.8 Å². The molecule has 0 N–H and O–H groups in total. The number of aryl methyl sites for hydroxylation is 1. The molecule has 0 spiro atoms. The number of halogens is 8.